The predicted molar refractivity (Wildman–Crippen MR) is 198 cm³/mol. The smallest absolute Gasteiger partial charge is 0.340 e. The molecule has 7 nitrogen and oxygen atoms in total. The van der Waals surface area contributed by atoms with Crippen LogP contribution in [-0.4, -0.2) is 28.3 Å². The van der Waals surface area contributed by atoms with Crippen molar-refractivity contribution in [3.8, 4) is 23.0 Å². The second kappa shape index (κ2) is 18.8. The first kappa shape index (κ1) is 38.0. The van der Waals surface area contributed by atoms with Crippen molar-refractivity contribution < 1.29 is 34.0 Å². The van der Waals surface area contributed by atoms with Crippen LogP contribution in [0.15, 0.2) is 91.0 Å². The van der Waals surface area contributed by atoms with Crippen LogP contribution in [0.25, 0.3) is 0 Å². The Morgan fingerprint density at radius 3 is 1.96 bits per heavy atom. The van der Waals surface area contributed by atoms with Gasteiger partial charge in [0.15, 0.2) is 11.5 Å². The molecule has 0 amide bonds. The molecule has 0 saturated heterocycles. The average molecular weight is 681 g/mol. The van der Waals surface area contributed by atoms with Gasteiger partial charge in [-0.1, -0.05) is 115 Å². The summed E-state index contributed by atoms with van der Waals surface area (Å²) in [5.41, 5.74) is 2.26. The van der Waals surface area contributed by atoms with Crippen molar-refractivity contribution in [2.75, 3.05) is 0 Å². The van der Waals surface area contributed by atoms with Crippen LogP contribution in [0.1, 0.15) is 111 Å². The van der Waals surface area contributed by atoms with Crippen LogP contribution in [-0.2, 0) is 13.0 Å². The van der Waals surface area contributed by atoms with Gasteiger partial charge in [-0.3, -0.25) is 0 Å². The molecule has 2 N–H and O–H groups in total. The molecule has 0 radical (unpaired) electrons. The quantitative estimate of drug-likeness (QED) is 0.0957. The molecule has 266 valence electrons. The Morgan fingerprint density at radius 2 is 1.32 bits per heavy atom. The highest BCUT2D eigenvalue weighted by molar-refractivity contribution is 6.04. The zero-order valence-electron chi connectivity index (χ0n) is 30.1. The van der Waals surface area contributed by atoms with E-state index < -0.39 is 17.5 Å². The number of aromatic carboxylic acids is 2. The van der Waals surface area contributed by atoms with Crippen LogP contribution in [0.2, 0.25) is 0 Å². The van der Waals surface area contributed by atoms with Crippen molar-refractivity contribution in [3.05, 3.63) is 119 Å². The number of hydrogen-bond donors (Lipinski definition) is 2. The van der Waals surface area contributed by atoms with Crippen LogP contribution in [0, 0.1) is 17.8 Å². The zero-order valence-corrected chi connectivity index (χ0v) is 30.1. The van der Waals surface area contributed by atoms with Crippen molar-refractivity contribution in [3.63, 3.8) is 0 Å². The fourth-order valence-electron chi connectivity index (χ4n) is 6.03. The number of carboxylic acid groups (broad SMARTS) is 2. The van der Waals surface area contributed by atoms with Gasteiger partial charge in [-0.05, 0) is 90.1 Å². The molecule has 0 bridgehead atoms. The van der Waals surface area contributed by atoms with Gasteiger partial charge in [0, 0.05) is 0 Å². The van der Waals surface area contributed by atoms with Gasteiger partial charge in [0.25, 0.3) is 0 Å². The lowest BCUT2D eigenvalue weighted by Gasteiger charge is -2.26. The minimum Gasteiger partial charge on any atom is -0.486 e. The molecule has 50 heavy (non-hydrogen) atoms. The zero-order chi connectivity index (χ0) is 36.0. The van der Waals surface area contributed by atoms with E-state index in [9.17, 15) is 19.8 Å². The number of benzene rings is 4. The highest BCUT2D eigenvalue weighted by Gasteiger charge is 2.28. The molecule has 0 saturated carbocycles. The summed E-state index contributed by atoms with van der Waals surface area (Å²) >= 11 is 0. The Morgan fingerprint density at radius 1 is 0.680 bits per heavy atom. The number of rotatable bonds is 20. The number of ether oxygens (including phenoxy) is 3. The fourth-order valence-corrected chi connectivity index (χ4v) is 6.03. The van der Waals surface area contributed by atoms with E-state index in [0.717, 1.165) is 42.7 Å². The molecule has 0 aliphatic heterocycles. The minimum absolute atomic E-state index is 0.0233. The summed E-state index contributed by atoms with van der Waals surface area (Å²) < 4.78 is 18.8. The molecule has 3 unspecified atom stereocenters. The highest BCUT2D eigenvalue weighted by Crippen LogP contribution is 2.37. The summed E-state index contributed by atoms with van der Waals surface area (Å²) in [4.78, 5) is 24.6. The molecule has 0 fully saturated rings. The Balaban J connectivity index is 1.50. The second-order valence-electron chi connectivity index (χ2n) is 13.8. The first-order valence-corrected chi connectivity index (χ1v) is 17.9. The maximum Gasteiger partial charge on any atom is 0.340 e. The van der Waals surface area contributed by atoms with Gasteiger partial charge >= 0.3 is 11.9 Å². The first-order chi connectivity index (χ1) is 24.0. The Labute approximate surface area is 297 Å². The molecule has 0 heterocycles. The van der Waals surface area contributed by atoms with Gasteiger partial charge in [-0.15, -0.1) is 0 Å². The maximum absolute atomic E-state index is 12.5. The van der Waals surface area contributed by atoms with Gasteiger partial charge in [0.1, 0.15) is 29.8 Å². The third-order valence-corrected chi connectivity index (χ3v) is 9.29. The van der Waals surface area contributed by atoms with Crippen molar-refractivity contribution in [1.82, 2.24) is 0 Å². The molecule has 4 aromatic rings. The molecular weight excluding hydrogens is 628 g/mol. The van der Waals surface area contributed by atoms with Gasteiger partial charge in [-0.25, -0.2) is 9.59 Å². The van der Waals surface area contributed by atoms with E-state index in [1.165, 1.54) is 37.0 Å². The lowest BCUT2D eigenvalue weighted by molar-refractivity contribution is 0.0644. The van der Waals surface area contributed by atoms with Crippen LogP contribution in [0.5, 0.6) is 23.0 Å². The Hall–Kier alpha value is -4.78. The molecule has 4 rings (SSSR count). The van der Waals surface area contributed by atoms with Crippen molar-refractivity contribution in [2.24, 2.45) is 17.8 Å². The van der Waals surface area contributed by atoms with Crippen LogP contribution < -0.4 is 14.2 Å². The largest absolute Gasteiger partial charge is 0.486 e. The first-order valence-electron chi connectivity index (χ1n) is 17.9. The molecule has 0 aliphatic rings. The normalized spacial score (nSPS) is 13.0. The standard InChI is InChI=1S/C43H52O7/c1-6-30(4)13-10-14-31(5)21-23-38(29(2)3)50-39-24-22-37(42(44)45)40(43(46)47)41(39)48-28-34-18-12-20-36(27-34)49-35-19-11-17-33(26-35)25-32-15-8-7-9-16-32/h7-9,11-12,15-20,22,24,26-27,29-31,38H,6,10,13-14,21,23,25,28H2,1-5H3,(H,44,45)(H,46,47). The average Bonchev–Trinajstić information content (AvgIpc) is 3.09. The lowest BCUT2D eigenvalue weighted by Crippen LogP contribution is -2.25. The summed E-state index contributed by atoms with van der Waals surface area (Å²) in [6, 6.07) is 28.3. The lowest BCUT2D eigenvalue weighted by atomic mass is 9.91. The van der Waals surface area contributed by atoms with Crippen LogP contribution in [0.4, 0.5) is 0 Å². The van der Waals surface area contributed by atoms with E-state index >= 15 is 0 Å². The molecule has 3 atom stereocenters. The van der Waals surface area contributed by atoms with E-state index in [4.69, 9.17) is 14.2 Å². The topological polar surface area (TPSA) is 102 Å². The summed E-state index contributed by atoms with van der Waals surface area (Å²) in [6.07, 6.45) is 7.13. The van der Waals surface area contributed by atoms with Gasteiger partial charge in [0.2, 0.25) is 0 Å². The SMILES string of the molecule is CCC(C)CCCC(C)CCC(Oc1ccc(C(=O)O)c(C(=O)O)c1OCc1cccc(Oc2cccc(Cc3ccccc3)c2)c1)C(C)C. The predicted octanol–water partition coefficient (Wildman–Crippen LogP) is 11.1. The summed E-state index contributed by atoms with van der Waals surface area (Å²) in [5, 5.41) is 20.0. The fraction of sp³-hybridized carbons (Fsp3) is 0.395. The Kier molecular flexibility index (Phi) is 14.3. The third-order valence-electron chi connectivity index (χ3n) is 9.29. The second-order valence-corrected chi connectivity index (χ2v) is 13.8. The van der Waals surface area contributed by atoms with Crippen LogP contribution >= 0.6 is 0 Å². The number of carboxylic acids is 2. The number of carbonyl (C=O) groups is 2. The van der Waals surface area contributed by atoms with Gasteiger partial charge < -0.3 is 24.4 Å². The van der Waals surface area contributed by atoms with Crippen LogP contribution in [0.3, 0.4) is 0 Å². The van der Waals surface area contributed by atoms with E-state index in [1.807, 2.05) is 60.7 Å². The number of hydrogen-bond acceptors (Lipinski definition) is 5. The Bertz CT molecular complexity index is 1680. The summed E-state index contributed by atoms with van der Waals surface area (Å²) in [5.74, 6) is 0.0765. The summed E-state index contributed by atoms with van der Waals surface area (Å²) in [6.45, 7) is 10.9. The molecule has 4 aromatic carbocycles. The van der Waals surface area contributed by atoms with E-state index in [1.54, 1.807) is 0 Å². The molecule has 0 aromatic heterocycles. The molecule has 0 spiro atoms. The van der Waals surface area contributed by atoms with Crippen molar-refractivity contribution in [1.29, 1.82) is 0 Å². The van der Waals surface area contributed by atoms with E-state index in [-0.39, 0.29) is 35.7 Å². The van der Waals surface area contributed by atoms with Crippen molar-refractivity contribution in [2.45, 2.75) is 92.3 Å². The molecular formula is C43H52O7. The van der Waals surface area contributed by atoms with E-state index in [0.29, 0.717) is 17.4 Å². The summed E-state index contributed by atoms with van der Waals surface area (Å²) in [7, 11) is 0. The minimum atomic E-state index is -1.40. The molecule has 7 heteroatoms. The van der Waals surface area contributed by atoms with Gasteiger partial charge in [0.05, 0.1) is 5.56 Å². The monoisotopic (exact) mass is 680 g/mol. The highest BCUT2D eigenvalue weighted by atomic mass is 16.5. The maximum atomic E-state index is 12.5. The van der Waals surface area contributed by atoms with Gasteiger partial charge in [-0.2, -0.15) is 0 Å². The third kappa shape index (κ3) is 11.4. The van der Waals surface area contributed by atoms with E-state index in [2.05, 4.69) is 52.8 Å². The van der Waals surface area contributed by atoms with Crippen molar-refractivity contribution >= 4 is 11.9 Å². The molecule has 0 aliphatic carbocycles.